The third kappa shape index (κ3) is 14.8. The van der Waals surface area contributed by atoms with Crippen LogP contribution in [0.2, 0.25) is 0 Å². The number of aliphatic hydroxyl groups excluding tert-OH is 2. The summed E-state index contributed by atoms with van der Waals surface area (Å²) in [5, 5.41) is 31.6. The van der Waals surface area contributed by atoms with Crippen LogP contribution in [-0.2, 0) is 38.2 Å². The fourth-order valence-electron chi connectivity index (χ4n) is 7.87. The van der Waals surface area contributed by atoms with Crippen molar-refractivity contribution < 1.29 is 53.6 Å². The molecule has 0 aromatic carbocycles. The number of carbonyl (C=O) groups excluding carboxylic acids is 5. The number of halogens is 1. The van der Waals surface area contributed by atoms with Crippen LogP contribution in [0.25, 0.3) is 0 Å². The largest absolute Gasteiger partial charge is 0.481 e. The number of nitrogens with one attached hydrogen (secondary N) is 1. The van der Waals surface area contributed by atoms with Gasteiger partial charge in [-0.05, 0) is 90.9 Å². The first-order valence-electron chi connectivity index (χ1n) is 20.9. The minimum absolute atomic E-state index is 0. The fourth-order valence-corrected chi connectivity index (χ4v) is 7.87. The van der Waals surface area contributed by atoms with Crippen molar-refractivity contribution >= 4 is 48.0 Å². The Morgan fingerprint density at radius 3 is 1.53 bits per heavy atom. The number of carboxylic acids is 1. The Morgan fingerprint density at radius 1 is 0.700 bits per heavy atom. The average molecular weight is 868 g/mol. The maximum absolute atomic E-state index is 13.0. The number of amides is 3. The molecule has 0 aromatic heterocycles. The lowest BCUT2D eigenvalue weighted by Gasteiger charge is -2.26. The number of aliphatic hydroxyl groups is 2. The van der Waals surface area contributed by atoms with Gasteiger partial charge in [0, 0.05) is 39.0 Å². The molecule has 16 heteroatoms. The summed E-state index contributed by atoms with van der Waals surface area (Å²) in [6, 6.07) is 0. The summed E-state index contributed by atoms with van der Waals surface area (Å²) < 4.78 is 9.92. The second kappa shape index (κ2) is 25.7. The molecular formula is C44H71ClN4O11. The minimum Gasteiger partial charge on any atom is -0.481 e. The first-order valence-corrected chi connectivity index (χ1v) is 20.9. The summed E-state index contributed by atoms with van der Waals surface area (Å²) in [5.74, 6) is -5.10. The van der Waals surface area contributed by atoms with E-state index >= 15 is 0 Å². The number of ether oxygens (including phenoxy) is 2. The van der Waals surface area contributed by atoms with Crippen molar-refractivity contribution in [3.8, 4) is 0 Å². The van der Waals surface area contributed by atoms with Crippen LogP contribution in [0.4, 0.5) is 0 Å². The molecule has 4 aliphatic carbocycles. The van der Waals surface area contributed by atoms with E-state index in [1.165, 1.54) is 0 Å². The molecule has 4 fully saturated rings. The normalized spacial score (nSPS) is 29.2. The van der Waals surface area contributed by atoms with Crippen LogP contribution >= 0.6 is 12.4 Å². The molecule has 60 heavy (non-hydrogen) atoms. The van der Waals surface area contributed by atoms with Crippen molar-refractivity contribution in [3.63, 3.8) is 0 Å². The summed E-state index contributed by atoms with van der Waals surface area (Å²) in [4.78, 5) is 75.9. The summed E-state index contributed by atoms with van der Waals surface area (Å²) in [5.41, 5.74) is 3.84. The highest BCUT2D eigenvalue weighted by atomic mass is 35.5. The Morgan fingerprint density at radius 2 is 1.13 bits per heavy atom. The van der Waals surface area contributed by atoms with Gasteiger partial charge in [-0.2, -0.15) is 0 Å². The van der Waals surface area contributed by atoms with Gasteiger partial charge in [-0.1, -0.05) is 24.3 Å². The molecular weight excluding hydrogens is 796 g/mol. The van der Waals surface area contributed by atoms with Crippen LogP contribution in [0.5, 0.6) is 0 Å². The number of rotatable bonds is 21. The Bertz CT molecular complexity index is 1510. The van der Waals surface area contributed by atoms with Gasteiger partial charge in [-0.25, -0.2) is 4.79 Å². The number of hydrogen-bond acceptors (Lipinski definition) is 11. The maximum Gasteiger partial charge on any atom is 0.332 e. The second-order valence-corrected chi connectivity index (χ2v) is 16.1. The molecule has 15 nitrogen and oxygen atoms in total. The van der Waals surface area contributed by atoms with Gasteiger partial charge in [0.1, 0.15) is 11.1 Å². The number of nitrogens with two attached hydrogens (primary N) is 1. The number of hydrogen-bond donors (Lipinski definition) is 5. The predicted octanol–water partition coefficient (Wildman–Crippen LogP) is 3.96. The van der Waals surface area contributed by atoms with Gasteiger partial charge >= 0.3 is 17.9 Å². The summed E-state index contributed by atoms with van der Waals surface area (Å²) in [6.07, 6.45) is 13.1. The van der Waals surface area contributed by atoms with Gasteiger partial charge in [0.25, 0.3) is 0 Å². The van der Waals surface area contributed by atoms with E-state index in [0.717, 1.165) is 38.5 Å². The van der Waals surface area contributed by atoms with Gasteiger partial charge in [0.2, 0.25) is 17.7 Å². The Balaban J connectivity index is 0.000000497. The quantitative estimate of drug-likeness (QED) is 0.0628. The molecule has 340 valence electrons. The van der Waals surface area contributed by atoms with E-state index in [0.29, 0.717) is 32.5 Å². The number of allylic oxidation sites excluding steroid dienone is 2. The number of carbonyl (C=O) groups is 6. The van der Waals surface area contributed by atoms with E-state index in [1.54, 1.807) is 49.9 Å². The highest BCUT2D eigenvalue weighted by molar-refractivity contribution is 5.95. The molecule has 0 aliphatic heterocycles. The molecule has 3 amide bonds. The van der Waals surface area contributed by atoms with Crippen molar-refractivity contribution in [2.24, 2.45) is 41.2 Å². The van der Waals surface area contributed by atoms with Crippen molar-refractivity contribution in [1.29, 1.82) is 0 Å². The van der Waals surface area contributed by atoms with E-state index < -0.39 is 58.9 Å². The number of aliphatic carboxylic acids is 1. The van der Waals surface area contributed by atoms with Crippen molar-refractivity contribution in [2.45, 2.75) is 114 Å². The lowest BCUT2D eigenvalue weighted by atomic mass is 9.93. The fraction of sp³-hybridized carbons (Fsp3) is 0.682. The molecule has 0 saturated heterocycles. The summed E-state index contributed by atoms with van der Waals surface area (Å²) in [7, 11) is 3.42. The standard InChI is InChI=1S/C22H34N2O5.C14H23NO4.C8H13NO2.ClH/c1-5-8-9-10-11-24(4)20(27)18-13-16(25)12-17(18)19(26)23-22(14-15(22)6-2)21(28)29-7-3;1-3-4-5-6-7-15(2)13(17)11-8-10(16)9-12(11)14(18)19;1-3-6-5-8(6,9)7(10)11-4-2;/h5-6,15-18,25H,1-2,7-14H2,3-4H3,(H,23,26);3,10-12,16H,1,4-9H2,2H3,(H,18,19);3,6H,1,4-5,9H2,2H3;1H/t15-,16+,17-,18-,22-;10-,11-,12-;6-,8-;/m111./s1. The Labute approximate surface area is 362 Å². The van der Waals surface area contributed by atoms with Gasteiger partial charge in [-0.3, -0.25) is 24.0 Å². The monoisotopic (exact) mass is 866 g/mol. The van der Waals surface area contributed by atoms with Gasteiger partial charge in [-0.15, -0.1) is 38.7 Å². The van der Waals surface area contributed by atoms with Crippen LogP contribution in [0.1, 0.15) is 90.9 Å². The van der Waals surface area contributed by atoms with Gasteiger partial charge in [0.15, 0.2) is 0 Å². The number of carboxylic acid groups (broad SMARTS) is 1. The topological polar surface area (TPSA) is 226 Å². The Hall–Kier alpha value is -4.05. The molecule has 4 rings (SSSR count). The molecule has 0 radical (unpaired) electrons. The van der Waals surface area contributed by atoms with Crippen molar-refractivity contribution in [1.82, 2.24) is 15.1 Å². The first-order chi connectivity index (χ1) is 27.9. The van der Waals surface area contributed by atoms with Crippen LogP contribution in [0.15, 0.2) is 50.6 Å². The van der Waals surface area contributed by atoms with E-state index in [2.05, 4.69) is 31.6 Å². The Kier molecular flexibility index (Phi) is 23.1. The van der Waals surface area contributed by atoms with Gasteiger partial charge in [0.05, 0.1) is 49.1 Å². The maximum atomic E-state index is 13.0. The van der Waals surface area contributed by atoms with Crippen LogP contribution in [-0.4, -0.2) is 124 Å². The highest BCUT2D eigenvalue weighted by Crippen LogP contribution is 2.46. The smallest absolute Gasteiger partial charge is 0.332 e. The SMILES string of the molecule is C=CCCCCN(C)C(=O)[C@@H]1C[C@@H](O)C[C@H]1C(=O)N[C@]1(C(=O)OCC)C[C@H]1C=C.C=CCCCCN(C)C(=O)[C@@H]1C[C@@H](O)C[C@H]1C(=O)O.C=C[C@@H]1C[C@]1(N)C(=O)OCC.Cl. The molecule has 0 unspecified atom stereocenters. The lowest BCUT2D eigenvalue weighted by Crippen LogP contribution is -2.50. The zero-order valence-electron chi connectivity index (χ0n) is 36.1. The molecule has 0 aromatic rings. The van der Waals surface area contributed by atoms with E-state index in [1.807, 2.05) is 12.2 Å². The van der Waals surface area contributed by atoms with Crippen LogP contribution in [0.3, 0.4) is 0 Å². The van der Waals surface area contributed by atoms with Crippen molar-refractivity contribution in [3.05, 3.63) is 50.6 Å². The minimum atomic E-state index is -1.09. The molecule has 4 saturated carbocycles. The van der Waals surface area contributed by atoms with Gasteiger partial charge < -0.3 is 45.6 Å². The molecule has 0 spiro atoms. The van der Waals surface area contributed by atoms with E-state index in [9.17, 15) is 39.0 Å². The predicted molar refractivity (Wildman–Crippen MR) is 230 cm³/mol. The molecule has 0 bridgehead atoms. The van der Waals surface area contributed by atoms with Crippen LogP contribution < -0.4 is 11.1 Å². The zero-order chi connectivity index (χ0) is 44.5. The molecule has 10 atom stereocenters. The lowest BCUT2D eigenvalue weighted by molar-refractivity contribution is -0.150. The summed E-state index contributed by atoms with van der Waals surface area (Å²) in [6.45, 7) is 19.9. The average Bonchev–Trinajstić information content (AvgIpc) is 3.98. The highest BCUT2D eigenvalue weighted by Gasteiger charge is 2.62. The van der Waals surface area contributed by atoms with E-state index in [4.69, 9.17) is 20.3 Å². The molecule has 0 heterocycles. The number of nitrogens with zero attached hydrogens (tertiary/aromatic N) is 2. The molecule has 6 N–H and O–H groups in total. The number of esters is 2. The third-order valence-electron chi connectivity index (χ3n) is 11.7. The third-order valence-corrected chi connectivity index (χ3v) is 11.7. The molecule has 4 aliphatic rings. The summed E-state index contributed by atoms with van der Waals surface area (Å²) >= 11 is 0. The van der Waals surface area contributed by atoms with E-state index in [-0.39, 0.29) is 80.2 Å². The zero-order valence-corrected chi connectivity index (χ0v) is 36.9. The van der Waals surface area contributed by atoms with Crippen molar-refractivity contribution in [2.75, 3.05) is 40.4 Å². The number of unbranched alkanes of at least 4 members (excludes halogenated alkanes) is 4. The van der Waals surface area contributed by atoms with Crippen LogP contribution in [0, 0.1) is 35.5 Å². The second-order valence-electron chi connectivity index (χ2n) is 16.1. The first kappa shape index (κ1) is 54.0.